The average molecular weight is 409 g/mol. The summed E-state index contributed by atoms with van der Waals surface area (Å²) < 4.78 is 22.6. The van der Waals surface area contributed by atoms with Gasteiger partial charge in [-0.05, 0) is 0 Å². The summed E-state index contributed by atoms with van der Waals surface area (Å²) in [6.07, 6.45) is 0.658. The van der Waals surface area contributed by atoms with Gasteiger partial charge in [-0.1, -0.05) is 0 Å². The van der Waals surface area contributed by atoms with E-state index in [1.165, 1.54) is 0 Å². The fourth-order valence-electron chi connectivity index (χ4n) is 1.40. The van der Waals surface area contributed by atoms with Crippen molar-refractivity contribution in [3.05, 3.63) is 0 Å². The molecule has 0 rings (SSSR count). The Labute approximate surface area is 137 Å². The second-order valence-electron chi connectivity index (χ2n) is 4.08. The molecule has 0 aliphatic carbocycles. The number of rotatable bonds is 14. The Morgan fingerprint density at radius 3 is 1.57 bits per heavy atom. The summed E-state index contributed by atoms with van der Waals surface area (Å²) in [5.41, 5.74) is 0. The molecule has 0 saturated heterocycles. The van der Waals surface area contributed by atoms with Crippen LogP contribution < -0.4 is 0 Å². The van der Waals surface area contributed by atoms with Crippen LogP contribution in [0.3, 0.4) is 0 Å². The van der Waals surface area contributed by atoms with Crippen LogP contribution in [0.25, 0.3) is 0 Å². The van der Waals surface area contributed by atoms with Crippen LogP contribution in [-0.2, 0) is 28.5 Å². The molecule has 0 spiro atoms. The molecule has 0 aliphatic rings. The molecule has 0 amide bonds. The minimum absolute atomic E-state index is 0.201. The fraction of sp³-hybridized carbons (Fsp3) is 0.857. The van der Waals surface area contributed by atoms with Crippen molar-refractivity contribution in [2.24, 2.45) is 0 Å². The molecule has 0 bridgehead atoms. The third kappa shape index (κ3) is 15.9. The summed E-state index contributed by atoms with van der Waals surface area (Å²) in [5.74, 6) is -0.403. The molecule has 0 aromatic heterocycles. The van der Waals surface area contributed by atoms with Crippen molar-refractivity contribution in [2.45, 2.75) is 35.6 Å². The van der Waals surface area contributed by atoms with Gasteiger partial charge in [0.05, 0.1) is 0 Å². The van der Waals surface area contributed by atoms with E-state index in [4.69, 9.17) is 18.9 Å². The van der Waals surface area contributed by atoms with E-state index >= 15 is 0 Å². The van der Waals surface area contributed by atoms with E-state index in [0.717, 1.165) is 8.87 Å². The maximum atomic E-state index is 11.0. The van der Waals surface area contributed by atoms with E-state index in [1.807, 2.05) is 0 Å². The van der Waals surface area contributed by atoms with E-state index < -0.39 is 21.1 Å². The van der Waals surface area contributed by atoms with Crippen LogP contribution >= 0.6 is 0 Å². The Bertz CT molecular complexity index is 246. The zero-order valence-corrected chi connectivity index (χ0v) is 15.9. The van der Waals surface area contributed by atoms with Gasteiger partial charge in [-0.2, -0.15) is 0 Å². The summed E-state index contributed by atoms with van der Waals surface area (Å²) in [7, 11) is 0. The molecule has 21 heavy (non-hydrogen) atoms. The molecular weight excluding hydrogens is 383 g/mol. The Morgan fingerprint density at radius 2 is 1.19 bits per heavy atom. The molecular formula is C14H26O6Sn. The zero-order valence-electron chi connectivity index (χ0n) is 13.0. The van der Waals surface area contributed by atoms with Gasteiger partial charge in [0.2, 0.25) is 0 Å². The number of hydrogen-bond donors (Lipinski definition) is 0. The number of hydrogen-bond acceptors (Lipinski definition) is 6. The Balaban J connectivity index is 3.12. The summed E-state index contributed by atoms with van der Waals surface area (Å²) in [5, 5.41) is 0. The van der Waals surface area contributed by atoms with E-state index in [1.54, 1.807) is 13.8 Å². The van der Waals surface area contributed by atoms with Crippen LogP contribution in [-0.4, -0.2) is 72.7 Å². The molecule has 2 radical (unpaired) electrons. The first-order valence-corrected chi connectivity index (χ1v) is 11.4. The van der Waals surface area contributed by atoms with Gasteiger partial charge in [-0.3, -0.25) is 0 Å². The molecule has 122 valence electrons. The van der Waals surface area contributed by atoms with Crippen molar-refractivity contribution in [3.63, 3.8) is 0 Å². The van der Waals surface area contributed by atoms with Crippen molar-refractivity contribution in [1.29, 1.82) is 0 Å². The van der Waals surface area contributed by atoms with Crippen LogP contribution in [0.5, 0.6) is 0 Å². The number of esters is 2. The van der Waals surface area contributed by atoms with Crippen molar-refractivity contribution in [2.75, 3.05) is 39.6 Å². The SMILES string of the molecule is CCOC(=O)CCOC[CH2][Sn][CH2]COCCC(=O)OCC. The molecule has 0 N–H and O–H groups in total. The standard InChI is InChI=1S/2C7H13O3.Sn/c2*1-3-9-6-5-7(8)10-4-2;/h2*1,3-6H2,2H3;. The van der Waals surface area contributed by atoms with Crippen LogP contribution in [0, 0.1) is 0 Å². The van der Waals surface area contributed by atoms with Crippen molar-refractivity contribution in [1.82, 2.24) is 0 Å². The van der Waals surface area contributed by atoms with Crippen molar-refractivity contribution < 1.29 is 28.5 Å². The molecule has 6 nitrogen and oxygen atoms in total. The second kappa shape index (κ2) is 16.0. The third-order valence-corrected chi connectivity index (χ3v) is 5.54. The van der Waals surface area contributed by atoms with Gasteiger partial charge in [0.1, 0.15) is 0 Å². The van der Waals surface area contributed by atoms with Gasteiger partial charge < -0.3 is 0 Å². The van der Waals surface area contributed by atoms with Crippen LogP contribution in [0.4, 0.5) is 0 Å². The van der Waals surface area contributed by atoms with Crippen molar-refractivity contribution >= 4 is 33.1 Å². The second-order valence-corrected chi connectivity index (χ2v) is 8.37. The van der Waals surface area contributed by atoms with Crippen LogP contribution in [0.1, 0.15) is 26.7 Å². The topological polar surface area (TPSA) is 71.1 Å². The van der Waals surface area contributed by atoms with Gasteiger partial charge in [-0.15, -0.1) is 0 Å². The van der Waals surface area contributed by atoms with Gasteiger partial charge in [0.25, 0.3) is 0 Å². The average Bonchev–Trinajstić information content (AvgIpc) is 2.45. The van der Waals surface area contributed by atoms with E-state index in [9.17, 15) is 9.59 Å². The summed E-state index contributed by atoms with van der Waals surface area (Å²) in [6.45, 7) is 6.74. The first-order valence-electron chi connectivity index (χ1n) is 7.38. The van der Waals surface area contributed by atoms with Gasteiger partial charge >= 0.3 is 137 Å². The van der Waals surface area contributed by atoms with Gasteiger partial charge in [0, 0.05) is 0 Å². The summed E-state index contributed by atoms with van der Waals surface area (Å²) in [6, 6.07) is 0. The molecule has 0 unspecified atom stereocenters. The zero-order chi connectivity index (χ0) is 15.8. The summed E-state index contributed by atoms with van der Waals surface area (Å²) in [4.78, 5) is 22.1. The number of carbonyl (C=O) groups is 2. The number of ether oxygens (including phenoxy) is 4. The monoisotopic (exact) mass is 410 g/mol. The normalized spacial score (nSPS) is 10.4. The minimum atomic E-state index is -0.450. The molecule has 0 saturated carbocycles. The van der Waals surface area contributed by atoms with Gasteiger partial charge in [0.15, 0.2) is 0 Å². The Hall–Kier alpha value is -0.341. The summed E-state index contributed by atoms with van der Waals surface area (Å²) >= 11 is -0.450. The molecule has 7 heteroatoms. The quantitative estimate of drug-likeness (QED) is 0.246. The molecule has 0 atom stereocenters. The molecule has 0 aromatic rings. The molecule has 0 aliphatic heterocycles. The fourth-order valence-corrected chi connectivity index (χ4v) is 3.76. The van der Waals surface area contributed by atoms with E-state index in [2.05, 4.69) is 0 Å². The molecule has 0 heterocycles. The maximum absolute atomic E-state index is 11.0. The van der Waals surface area contributed by atoms with Crippen LogP contribution in [0.15, 0.2) is 0 Å². The predicted octanol–water partition coefficient (Wildman–Crippen LogP) is 1.47. The van der Waals surface area contributed by atoms with Crippen LogP contribution in [0.2, 0.25) is 8.87 Å². The Kier molecular flexibility index (Phi) is 15.8. The number of carbonyl (C=O) groups excluding carboxylic acids is 2. The first-order chi connectivity index (χ1) is 10.2. The third-order valence-electron chi connectivity index (χ3n) is 2.36. The Morgan fingerprint density at radius 1 is 0.762 bits per heavy atom. The van der Waals surface area contributed by atoms with E-state index in [0.29, 0.717) is 52.5 Å². The van der Waals surface area contributed by atoms with Crippen molar-refractivity contribution in [3.8, 4) is 0 Å². The first kappa shape index (κ1) is 20.7. The molecule has 0 aromatic carbocycles. The predicted molar refractivity (Wildman–Crippen MR) is 79.5 cm³/mol. The van der Waals surface area contributed by atoms with E-state index in [-0.39, 0.29) is 11.9 Å². The van der Waals surface area contributed by atoms with Gasteiger partial charge in [-0.25, -0.2) is 0 Å². The molecule has 0 fully saturated rings.